The van der Waals surface area contributed by atoms with Crippen LogP contribution in [0.15, 0.2) is 83.7 Å². The first kappa shape index (κ1) is 19.8. The van der Waals surface area contributed by atoms with Gasteiger partial charge in [-0.2, -0.15) is 0 Å². The molecule has 0 bridgehead atoms. The molecule has 0 aliphatic rings. The highest BCUT2D eigenvalue weighted by atomic mass is 32.2. The molecule has 1 aromatic heterocycles. The second-order valence-electron chi connectivity index (χ2n) is 6.92. The zero-order valence-corrected chi connectivity index (χ0v) is 16.7. The van der Waals surface area contributed by atoms with Gasteiger partial charge in [0, 0.05) is 11.1 Å². The molecule has 0 unspecified atom stereocenters. The molecule has 152 valence electrons. The van der Waals surface area contributed by atoms with Crippen LogP contribution >= 0.6 is 0 Å². The fourth-order valence-electron chi connectivity index (χ4n) is 3.17. The minimum atomic E-state index is -3.69. The van der Waals surface area contributed by atoms with Crippen molar-refractivity contribution in [3.63, 3.8) is 0 Å². The SMILES string of the molecule is O=c1[nH]c2ccccc2cc1CS(=O)(=O)Cc1ccc(Oc2ccccc2)c(F)c1. The number of fused-ring (bicyclic) bond motifs is 1. The number of benzene rings is 3. The number of aromatic amines is 1. The molecule has 1 N–H and O–H groups in total. The molecule has 0 spiro atoms. The fraction of sp³-hybridized carbons (Fsp3) is 0.0870. The molecule has 30 heavy (non-hydrogen) atoms. The quantitative estimate of drug-likeness (QED) is 0.493. The van der Waals surface area contributed by atoms with Gasteiger partial charge < -0.3 is 9.72 Å². The summed E-state index contributed by atoms with van der Waals surface area (Å²) < 4.78 is 45.2. The molecule has 0 saturated heterocycles. The van der Waals surface area contributed by atoms with Crippen LogP contribution < -0.4 is 10.3 Å². The molecule has 7 heteroatoms. The number of pyridine rings is 1. The van der Waals surface area contributed by atoms with E-state index in [9.17, 15) is 17.6 Å². The van der Waals surface area contributed by atoms with E-state index in [1.54, 1.807) is 54.6 Å². The van der Waals surface area contributed by atoms with E-state index in [-0.39, 0.29) is 22.6 Å². The Kier molecular flexibility index (Phi) is 5.37. The molecular formula is C23H18FNO4S. The third-order valence-electron chi connectivity index (χ3n) is 4.56. The summed E-state index contributed by atoms with van der Waals surface area (Å²) in [5.41, 5.74) is 0.623. The van der Waals surface area contributed by atoms with Crippen molar-refractivity contribution in [2.24, 2.45) is 0 Å². The smallest absolute Gasteiger partial charge is 0.252 e. The normalized spacial score (nSPS) is 11.5. The zero-order valence-electron chi connectivity index (χ0n) is 15.8. The van der Waals surface area contributed by atoms with Gasteiger partial charge in [-0.25, -0.2) is 12.8 Å². The Balaban J connectivity index is 1.53. The Morgan fingerprint density at radius 3 is 2.37 bits per heavy atom. The Morgan fingerprint density at radius 1 is 0.867 bits per heavy atom. The third-order valence-corrected chi connectivity index (χ3v) is 6.08. The molecule has 1 heterocycles. The maximum Gasteiger partial charge on any atom is 0.252 e. The number of ether oxygens (including phenoxy) is 1. The first-order chi connectivity index (χ1) is 14.4. The van der Waals surface area contributed by atoms with Crippen LogP contribution in [-0.4, -0.2) is 13.4 Å². The summed E-state index contributed by atoms with van der Waals surface area (Å²) in [6.07, 6.45) is 0. The van der Waals surface area contributed by atoms with Crippen LogP contribution in [0, 0.1) is 5.82 Å². The number of para-hydroxylation sites is 2. The summed E-state index contributed by atoms with van der Waals surface area (Å²) in [6.45, 7) is 0. The van der Waals surface area contributed by atoms with Crippen molar-refractivity contribution in [2.45, 2.75) is 11.5 Å². The Bertz CT molecular complexity index is 1370. The summed E-state index contributed by atoms with van der Waals surface area (Å²) in [5.74, 6) is -0.991. The lowest BCUT2D eigenvalue weighted by Crippen LogP contribution is -2.17. The number of rotatable bonds is 6. The van der Waals surface area contributed by atoms with Crippen LogP contribution in [0.3, 0.4) is 0 Å². The average Bonchev–Trinajstić information content (AvgIpc) is 2.71. The van der Waals surface area contributed by atoms with Gasteiger partial charge in [0.05, 0.1) is 11.5 Å². The van der Waals surface area contributed by atoms with Crippen LogP contribution in [0.5, 0.6) is 11.5 Å². The van der Waals surface area contributed by atoms with Gasteiger partial charge in [-0.15, -0.1) is 0 Å². The number of halogens is 1. The second-order valence-corrected chi connectivity index (χ2v) is 8.99. The maximum atomic E-state index is 14.4. The highest BCUT2D eigenvalue weighted by Gasteiger charge is 2.17. The predicted molar refractivity (Wildman–Crippen MR) is 114 cm³/mol. The molecule has 0 aliphatic carbocycles. The summed E-state index contributed by atoms with van der Waals surface area (Å²) in [4.78, 5) is 14.9. The van der Waals surface area contributed by atoms with Crippen molar-refractivity contribution in [2.75, 3.05) is 0 Å². The topological polar surface area (TPSA) is 76.2 Å². The van der Waals surface area contributed by atoms with E-state index in [0.29, 0.717) is 11.3 Å². The molecule has 0 amide bonds. The van der Waals surface area contributed by atoms with Gasteiger partial charge in [0.2, 0.25) is 0 Å². The van der Waals surface area contributed by atoms with Crippen LogP contribution in [0.1, 0.15) is 11.1 Å². The molecule has 4 aromatic rings. The number of H-pyrrole nitrogens is 1. The van der Waals surface area contributed by atoms with Crippen molar-refractivity contribution in [1.29, 1.82) is 0 Å². The average molecular weight is 423 g/mol. The first-order valence-electron chi connectivity index (χ1n) is 9.22. The number of hydrogen-bond acceptors (Lipinski definition) is 4. The van der Waals surface area contributed by atoms with Crippen molar-refractivity contribution in [1.82, 2.24) is 4.98 Å². The first-order valence-corrected chi connectivity index (χ1v) is 11.0. The lowest BCUT2D eigenvalue weighted by atomic mass is 10.2. The summed E-state index contributed by atoms with van der Waals surface area (Å²) in [7, 11) is -3.69. The zero-order chi connectivity index (χ0) is 21.1. The fourth-order valence-corrected chi connectivity index (χ4v) is 4.65. The second kappa shape index (κ2) is 8.12. The Labute approximate surface area is 172 Å². The van der Waals surface area contributed by atoms with Gasteiger partial charge in [-0.1, -0.05) is 42.5 Å². The molecule has 0 fully saturated rings. The summed E-state index contributed by atoms with van der Waals surface area (Å²) >= 11 is 0. The van der Waals surface area contributed by atoms with Crippen molar-refractivity contribution in [3.8, 4) is 11.5 Å². The van der Waals surface area contributed by atoms with E-state index in [2.05, 4.69) is 4.98 Å². The largest absolute Gasteiger partial charge is 0.454 e. The van der Waals surface area contributed by atoms with Gasteiger partial charge in [0.1, 0.15) is 5.75 Å². The Hall–Kier alpha value is -3.45. The predicted octanol–water partition coefficient (Wildman–Crippen LogP) is 4.57. The molecule has 4 rings (SSSR count). The number of nitrogens with one attached hydrogen (secondary N) is 1. The molecule has 3 aromatic carbocycles. The molecule has 0 radical (unpaired) electrons. The summed E-state index contributed by atoms with van der Waals surface area (Å²) in [6, 6.07) is 21.5. The van der Waals surface area contributed by atoms with Gasteiger partial charge in [-0.05, 0) is 47.3 Å². The molecule has 0 aliphatic heterocycles. The van der Waals surface area contributed by atoms with E-state index in [4.69, 9.17) is 4.74 Å². The molecule has 0 atom stereocenters. The van der Waals surface area contributed by atoms with Gasteiger partial charge in [-0.3, -0.25) is 4.79 Å². The lowest BCUT2D eigenvalue weighted by molar-refractivity contribution is 0.442. The van der Waals surface area contributed by atoms with Crippen LogP contribution in [0.4, 0.5) is 4.39 Å². The molecule has 5 nitrogen and oxygen atoms in total. The van der Waals surface area contributed by atoms with E-state index in [0.717, 1.165) is 11.5 Å². The van der Waals surface area contributed by atoms with E-state index in [1.165, 1.54) is 12.1 Å². The molecular weight excluding hydrogens is 405 g/mol. The van der Waals surface area contributed by atoms with E-state index >= 15 is 0 Å². The molecule has 0 saturated carbocycles. The van der Waals surface area contributed by atoms with Crippen LogP contribution in [0.2, 0.25) is 0 Å². The highest BCUT2D eigenvalue weighted by Crippen LogP contribution is 2.26. The maximum absolute atomic E-state index is 14.4. The number of aromatic nitrogens is 1. The Morgan fingerprint density at radius 2 is 1.60 bits per heavy atom. The minimum Gasteiger partial charge on any atom is -0.454 e. The van der Waals surface area contributed by atoms with Crippen LogP contribution in [0.25, 0.3) is 10.9 Å². The van der Waals surface area contributed by atoms with Crippen molar-refractivity contribution < 1.29 is 17.5 Å². The lowest BCUT2D eigenvalue weighted by Gasteiger charge is -2.09. The van der Waals surface area contributed by atoms with Crippen molar-refractivity contribution >= 4 is 20.7 Å². The van der Waals surface area contributed by atoms with Gasteiger partial charge in [0.25, 0.3) is 5.56 Å². The standard InChI is InChI=1S/C23H18FNO4S/c24-20-12-16(10-11-22(20)29-19-7-2-1-3-8-19)14-30(27,28)15-18-13-17-6-4-5-9-21(17)25-23(18)26/h1-13H,14-15H2,(H,25,26). The van der Waals surface area contributed by atoms with Gasteiger partial charge in [0.15, 0.2) is 21.4 Å². The van der Waals surface area contributed by atoms with Crippen molar-refractivity contribution in [3.05, 3.63) is 106 Å². The highest BCUT2D eigenvalue weighted by molar-refractivity contribution is 7.89. The minimum absolute atomic E-state index is 0.00771. The summed E-state index contributed by atoms with van der Waals surface area (Å²) in [5, 5.41) is 0.746. The monoisotopic (exact) mass is 423 g/mol. The van der Waals surface area contributed by atoms with E-state index < -0.39 is 27.0 Å². The number of sulfone groups is 1. The van der Waals surface area contributed by atoms with Gasteiger partial charge >= 0.3 is 0 Å². The van der Waals surface area contributed by atoms with E-state index in [1.807, 2.05) is 6.07 Å². The number of hydrogen-bond donors (Lipinski definition) is 1. The van der Waals surface area contributed by atoms with Crippen LogP contribution in [-0.2, 0) is 21.3 Å². The third kappa shape index (κ3) is 4.58.